The van der Waals surface area contributed by atoms with E-state index in [2.05, 4.69) is 20.2 Å². The molecule has 3 rings (SSSR count). The normalized spacial score (nSPS) is 18.6. The van der Waals surface area contributed by atoms with Crippen LogP contribution >= 0.6 is 0 Å². The van der Waals surface area contributed by atoms with E-state index < -0.39 is 6.10 Å². The summed E-state index contributed by atoms with van der Waals surface area (Å²) in [4.78, 5) is 10.5. The second-order valence-electron chi connectivity index (χ2n) is 5.89. The van der Waals surface area contributed by atoms with Crippen molar-refractivity contribution < 1.29 is 14.6 Å². The predicted octanol–water partition coefficient (Wildman–Crippen LogP) is 1.72. The van der Waals surface area contributed by atoms with E-state index in [1.165, 1.54) is 18.5 Å². The van der Waals surface area contributed by atoms with Gasteiger partial charge < -0.3 is 20.4 Å². The largest absolute Gasteiger partial charge is 0.394 e. The first kappa shape index (κ1) is 16.6. The van der Waals surface area contributed by atoms with Crippen LogP contribution in [-0.2, 0) is 0 Å². The third kappa shape index (κ3) is 3.80. The fourth-order valence-electron chi connectivity index (χ4n) is 2.96. The molecule has 3 N–H and O–H groups in total. The molecule has 7 heteroatoms. The fraction of sp³-hybridized carbons (Fsp3) is 0.412. The van der Waals surface area contributed by atoms with Crippen molar-refractivity contribution in [3.05, 3.63) is 48.0 Å². The average Bonchev–Trinajstić information content (AvgIpc) is 3.08. The Bertz CT molecular complexity index is 685. The molecule has 2 heterocycles. The molecule has 0 saturated carbocycles. The molecule has 2 unspecified atom stereocenters. The number of nitrogens with zero attached hydrogens (tertiary/aromatic N) is 3. The van der Waals surface area contributed by atoms with Crippen LogP contribution in [0.25, 0.3) is 0 Å². The smallest absolute Gasteiger partial charge is 0.134 e. The molecule has 1 aromatic carbocycles. The Morgan fingerprint density at radius 1 is 1.33 bits per heavy atom. The van der Waals surface area contributed by atoms with E-state index in [9.17, 15) is 14.6 Å². The van der Waals surface area contributed by atoms with Crippen LogP contribution in [0.4, 0.5) is 16.0 Å². The lowest BCUT2D eigenvalue weighted by atomic mass is 10.1. The molecule has 128 valence electrons. The van der Waals surface area contributed by atoms with E-state index in [1.54, 1.807) is 18.2 Å². The van der Waals surface area contributed by atoms with Gasteiger partial charge in [-0.3, -0.25) is 0 Å². The van der Waals surface area contributed by atoms with Crippen molar-refractivity contribution in [3.8, 4) is 0 Å². The lowest BCUT2D eigenvalue weighted by Crippen LogP contribution is -2.32. The molecule has 0 bridgehead atoms. The molecule has 0 spiro atoms. The van der Waals surface area contributed by atoms with Crippen molar-refractivity contribution in [2.24, 2.45) is 0 Å². The van der Waals surface area contributed by atoms with Crippen molar-refractivity contribution in [2.75, 3.05) is 29.9 Å². The minimum atomic E-state index is -0.837. The first-order valence-corrected chi connectivity index (χ1v) is 8.04. The Morgan fingerprint density at radius 3 is 3.00 bits per heavy atom. The van der Waals surface area contributed by atoms with Crippen LogP contribution in [0.15, 0.2) is 36.7 Å². The number of aliphatic hydroxyl groups is 2. The molecule has 6 nitrogen and oxygen atoms in total. The number of benzene rings is 1. The Labute approximate surface area is 140 Å². The summed E-state index contributed by atoms with van der Waals surface area (Å²) in [7, 11) is 0. The number of anilines is 2. The molecule has 1 aliphatic heterocycles. The van der Waals surface area contributed by atoms with E-state index in [4.69, 9.17) is 0 Å². The standard InChI is InChI=1S/C17H21FN4O2/c18-13-4-1-3-12(7-13)15(24)9-19-16-8-17(21-11-20-16)22-6-2-5-14(22)10-23/h1,3-4,7-8,11,14-15,23-24H,2,5-6,9-10H2,(H,19,20,21). The van der Waals surface area contributed by atoms with Gasteiger partial charge in [-0.15, -0.1) is 0 Å². The zero-order valence-electron chi connectivity index (χ0n) is 13.3. The molecule has 1 aliphatic rings. The maximum Gasteiger partial charge on any atom is 0.134 e. The molecule has 1 fully saturated rings. The quantitative estimate of drug-likeness (QED) is 0.747. The van der Waals surface area contributed by atoms with E-state index in [0.717, 1.165) is 25.2 Å². The zero-order chi connectivity index (χ0) is 16.9. The highest BCUT2D eigenvalue weighted by Gasteiger charge is 2.25. The number of hydrogen-bond donors (Lipinski definition) is 3. The molecule has 2 atom stereocenters. The molecular formula is C17H21FN4O2. The number of aromatic nitrogens is 2. The van der Waals surface area contributed by atoms with E-state index in [0.29, 0.717) is 11.4 Å². The summed E-state index contributed by atoms with van der Waals surface area (Å²) in [6.07, 6.45) is 2.59. The maximum absolute atomic E-state index is 13.2. The van der Waals surface area contributed by atoms with Crippen LogP contribution in [0.3, 0.4) is 0 Å². The summed E-state index contributed by atoms with van der Waals surface area (Å²) < 4.78 is 13.2. The summed E-state index contributed by atoms with van der Waals surface area (Å²) in [5, 5.41) is 22.6. The van der Waals surface area contributed by atoms with Gasteiger partial charge in [0.25, 0.3) is 0 Å². The third-order valence-electron chi connectivity index (χ3n) is 4.24. The van der Waals surface area contributed by atoms with Crippen molar-refractivity contribution >= 4 is 11.6 Å². The van der Waals surface area contributed by atoms with Crippen LogP contribution in [0.2, 0.25) is 0 Å². The zero-order valence-corrected chi connectivity index (χ0v) is 13.3. The highest BCUT2D eigenvalue weighted by Crippen LogP contribution is 2.24. The second kappa shape index (κ2) is 7.55. The van der Waals surface area contributed by atoms with Gasteiger partial charge in [0.2, 0.25) is 0 Å². The van der Waals surface area contributed by atoms with Crippen molar-refractivity contribution in [1.82, 2.24) is 9.97 Å². The Morgan fingerprint density at radius 2 is 2.21 bits per heavy atom. The monoisotopic (exact) mass is 332 g/mol. The van der Waals surface area contributed by atoms with Crippen molar-refractivity contribution in [3.63, 3.8) is 0 Å². The predicted molar refractivity (Wildman–Crippen MR) is 89.3 cm³/mol. The summed E-state index contributed by atoms with van der Waals surface area (Å²) in [5.74, 6) is 0.961. The van der Waals surface area contributed by atoms with Crippen LogP contribution in [0.1, 0.15) is 24.5 Å². The number of halogens is 1. The van der Waals surface area contributed by atoms with Gasteiger partial charge in [-0.2, -0.15) is 0 Å². The SMILES string of the molecule is OCC1CCCN1c1cc(NCC(O)c2cccc(F)c2)ncn1. The number of rotatable bonds is 6. The average molecular weight is 332 g/mol. The maximum atomic E-state index is 13.2. The lowest BCUT2D eigenvalue weighted by Gasteiger charge is -2.24. The van der Waals surface area contributed by atoms with Crippen LogP contribution in [-0.4, -0.2) is 45.9 Å². The minimum Gasteiger partial charge on any atom is -0.394 e. The van der Waals surface area contributed by atoms with Gasteiger partial charge in [0.05, 0.1) is 18.8 Å². The fourth-order valence-corrected chi connectivity index (χ4v) is 2.96. The van der Waals surface area contributed by atoms with Crippen LogP contribution in [0.5, 0.6) is 0 Å². The van der Waals surface area contributed by atoms with Gasteiger partial charge in [-0.05, 0) is 30.5 Å². The molecule has 0 aliphatic carbocycles. The van der Waals surface area contributed by atoms with Crippen molar-refractivity contribution in [1.29, 1.82) is 0 Å². The van der Waals surface area contributed by atoms with E-state index >= 15 is 0 Å². The third-order valence-corrected chi connectivity index (χ3v) is 4.24. The topological polar surface area (TPSA) is 81.5 Å². The lowest BCUT2D eigenvalue weighted by molar-refractivity contribution is 0.191. The molecule has 0 radical (unpaired) electrons. The molecular weight excluding hydrogens is 311 g/mol. The summed E-state index contributed by atoms with van der Waals surface area (Å²) in [6.45, 7) is 1.17. The number of hydrogen-bond acceptors (Lipinski definition) is 6. The molecule has 2 aromatic rings. The van der Waals surface area contributed by atoms with Crippen LogP contribution < -0.4 is 10.2 Å². The highest BCUT2D eigenvalue weighted by atomic mass is 19.1. The van der Waals surface area contributed by atoms with Gasteiger partial charge in [0, 0.05) is 19.2 Å². The molecule has 1 saturated heterocycles. The van der Waals surface area contributed by atoms with Gasteiger partial charge in [-0.1, -0.05) is 12.1 Å². The first-order chi connectivity index (χ1) is 11.7. The summed E-state index contributed by atoms with van der Waals surface area (Å²) in [5.41, 5.74) is 0.511. The number of aliphatic hydroxyl groups excluding tert-OH is 2. The Balaban J connectivity index is 1.64. The molecule has 24 heavy (non-hydrogen) atoms. The Hall–Kier alpha value is -2.25. The minimum absolute atomic E-state index is 0.0886. The first-order valence-electron chi connectivity index (χ1n) is 8.04. The van der Waals surface area contributed by atoms with Gasteiger partial charge >= 0.3 is 0 Å². The second-order valence-corrected chi connectivity index (χ2v) is 5.89. The number of nitrogens with one attached hydrogen (secondary N) is 1. The Kier molecular flexibility index (Phi) is 5.22. The van der Waals surface area contributed by atoms with Crippen LogP contribution in [0, 0.1) is 5.82 Å². The van der Waals surface area contributed by atoms with E-state index in [1.807, 2.05) is 0 Å². The van der Waals surface area contributed by atoms with Crippen molar-refractivity contribution in [2.45, 2.75) is 25.0 Å². The summed E-state index contributed by atoms with van der Waals surface area (Å²) in [6, 6.07) is 7.79. The van der Waals surface area contributed by atoms with Gasteiger partial charge in [0.1, 0.15) is 23.8 Å². The molecule has 1 aromatic heterocycles. The van der Waals surface area contributed by atoms with E-state index in [-0.39, 0.29) is 25.0 Å². The van der Waals surface area contributed by atoms with Gasteiger partial charge in [0.15, 0.2) is 0 Å². The highest BCUT2D eigenvalue weighted by molar-refractivity contribution is 5.50. The summed E-state index contributed by atoms with van der Waals surface area (Å²) >= 11 is 0. The molecule has 0 amide bonds. The van der Waals surface area contributed by atoms with Gasteiger partial charge in [-0.25, -0.2) is 14.4 Å².